The number of benzene rings is 1. The predicted molar refractivity (Wildman–Crippen MR) is 100 cm³/mol. The van der Waals surface area contributed by atoms with E-state index in [-0.39, 0.29) is 24.8 Å². The third kappa shape index (κ3) is 4.57. The molecule has 0 spiro atoms. The summed E-state index contributed by atoms with van der Waals surface area (Å²) in [4.78, 5) is 2.30. The van der Waals surface area contributed by atoms with E-state index < -0.39 is 12.2 Å². The minimum atomic E-state index is -0.699. The van der Waals surface area contributed by atoms with Gasteiger partial charge in [-0.25, -0.2) is 0 Å². The van der Waals surface area contributed by atoms with Crippen molar-refractivity contribution in [2.75, 3.05) is 33.4 Å². The maximum Gasteiger partial charge on any atom is 0.109 e. The molecule has 0 amide bonds. The van der Waals surface area contributed by atoms with E-state index in [9.17, 15) is 10.2 Å². The van der Waals surface area contributed by atoms with E-state index >= 15 is 0 Å². The lowest BCUT2D eigenvalue weighted by Gasteiger charge is -2.34. The summed E-state index contributed by atoms with van der Waals surface area (Å²) in [5.41, 5.74) is 1.10. The number of hydrogen-bond acceptors (Lipinski definition) is 6. The molecule has 5 atom stereocenters. The van der Waals surface area contributed by atoms with Gasteiger partial charge in [-0.05, 0) is 37.1 Å². The van der Waals surface area contributed by atoms with Gasteiger partial charge in [0.05, 0.1) is 25.4 Å². The largest absolute Gasteiger partial charge is 0.394 e. The normalized spacial score (nSPS) is 32.4. The average Bonchev–Trinajstić information content (AvgIpc) is 3.19. The van der Waals surface area contributed by atoms with Crippen LogP contribution in [-0.4, -0.2) is 78.9 Å². The molecule has 3 rings (SSSR count). The highest BCUT2D eigenvalue weighted by Crippen LogP contribution is 2.31. The number of halogens is 1. The summed E-state index contributed by atoms with van der Waals surface area (Å²) >= 11 is 6.03. The van der Waals surface area contributed by atoms with Gasteiger partial charge in [0.15, 0.2) is 0 Å². The SMILES string of the molecule is COC[C@@H]1CCCN1[C@H]1[C@H](O)[C@H](CO)O[C@@H]1CNCc1cccc(Cl)c1. The van der Waals surface area contributed by atoms with Gasteiger partial charge < -0.3 is 25.0 Å². The molecule has 2 aliphatic heterocycles. The molecule has 6 nitrogen and oxygen atoms in total. The molecule has 0 aromatic heterocycles. The van der Waals surface area contributed by atoms with Crippen molar-refractivity contribution < 1.29 is 19.7 Å². The molecule has 0 saturated carbocycles. The minimum absolute atomic E-state index is 0.137. The Morgan fingerprint density at radius 3 is 2.96 bits per heavy atom. The zero-order valence-electron chi connectivity index (χ0n) is 15.2. The van der Waals surface area contributed by atoms with Crippen molar-refractivity contribution in [3.63, 3.8) is 0 Å². The van der Waals surface area contributed by atoms with Crippen LogP contribution in [0.3, 0.4) is 0 Å². The number of rotatable bonds is 8. The molecule has 7 heteroatoms. The molecule has 146 valence electrons. The molecule has 1 aromatic carbocycles. The molecule has 0 radical (unpaired) electrons. The monoisotopic (exact) mass is 384 g/mol. The molecule has 0 unspecified atom stereocenters. The molecular weight excluding hydrogens is 356 g/mol. The van der Waals surface area contributed by atoms with Gasteiger partial charge in [-0.3, -0.25) is 4.90 Å². The molecule has 2 saturated heterocycles. The average molecular weight is 385 g/mol. The smallest absolute Gasteiger partial charge is 0.109 e. The summed E-state index contributed by atoms with van der Waals surface area (Å²) in [7, 11) is 1.71. The highest BCUT2D eigenvalue weighted by atomic mass is 35.5. The van der Waals surface area contributed by atoms with Gasteiger partial charge in [-0.1, -0.05) is 23.7 Å². The van der Waals surface area contributed by atoms with E-state index in [0.717, 1.165) is 30.0 Å². The Balaban J connectivity index is 1.63. The summed E-state index contributed by atoms with van der Waals surface area (Å²) < 4.78 is 11.3. The fourth-order valence-corrected chi connectivity index (χ4v) is 4.40. The number of methoxy groups -OCH3 is 1. The number of nitrogens with one attached hydrogen (secondary N) is 1. The highest BCUT2D eigenvalue weighted by Gasteiger charge is 2.48. The van der Waals surface area contributed by atoms with Crippen LogP contribution in [0.2, 0.25) is 5.02 Å². The van der Waals surface area contributed by atoms with Crippen molar-refractivity contribution in [3.05, 3.63) is 34.9 Å². The summed E-state index contributed by atoms with van der Waals surface area (Å²) in [6.07, 6.45) is 0.726. The van der Waals surface area contributed by atoms with E-state index in [2.05, 4.69) is 10.2 Å². The van der Waals surface area contributed by atoms with E-state index in [1.54, 1.807) is 7.11 Å². The van der Waals surface area contributed by atoms with E-state index in [1.807, 2.05) is 24.3 Å². The van der Waals surface area contributed by atoms with Crippen LogP contribution >= 0.6 is 11.6 Å². The van der Waals surface area contributed by atoms with Crippen molar-refractivity contribution in [1.82, 2.24) is 10.2 Å². The Kier molecular flexibility index (Phi) is 7.28. The third-order valence-corrected chi connectivity index (χ3v) is 5.60. The van der Waals surface area contributed by atoms with Crippen molar-refractivity contribution >= 4 is 11.6 Å². The summed E-state index contributed by atoms with van der Waals surface area (Å²) in [5, 5.41) is 24.4. The van der Waals surface area contributed by atoms with Gasteiger partial charge in [-0.15, -0.1) is 0 Å². The number of ether oxygens (including phenoxy) is 2. The number of aliphatic hydroxyl groups is 2. The first-order valence-electron chi connectivity index (χ1n) is 9.28. The Bertz CT molecular complexity index is 576. The van der Waals surface area contributed by atoms with Crippen LogP contribution in [0.25, 0.3) is 0 Å². The van der Waals surface area contributed by atoms with Crippen LogP contribution in [0.4, 0.5) is 0 Å². The number of hydrogen-bond donors (Lipinski definition) is 3. The quantitative estimate of drug-likeness (QED) is 0.621. The van der Waals surface area contributed by atoms with Gasteiger partial charge in [-0.2, -0.15) is 0 Å². The summed E-state index contributed by atoms with van der Waals surface area (Å²) in [6, 6.07) is 7.89. The molecular formula is C19H29ClN2O4. The third-order valence-electron chi connectivity index (χ3n) is 5.37. The van der Waals surface area contributed by atoms with E-state index in [0.29, 0.717) is 19.7 Å². The lowest BCUT2D eigenvalue weighted by molar-refractivity contribution is -0.0213. The van der Waals surface area contributed by atoms with Gasteiger partial charge >= 0.3 is 0 Å². The highest BCUT2D eigenvalue weighted by molar-refractivity contribution is 6.30. The zero-order valence-corrected chi connectivity index (χ0v) is 15.9. The summed E-state index contributed by atoms with van der Waals surface area (Å²) in [5.74, 6) is 0. The zero-order chi connectivity index (χ0) is 18.5. The topological polar surface area (TPSA) is 74.2 Å². The first-order chi connectivity index (χ1) is 12.6. The van der Waals surface area contributed by atoms with Crippen LogP contribution < -0.4 is 5.32 Å². The fraction of sp³-hybridized carbons (Fsp3) is 0.684. The fourth-order valence-electron chi connectivity index (χ4n) is 4.18. The maximum atomic E-state index is 10.7. The molecule has 0 aliphatic carbocycles. The van der Waals surface area contributed by atoms with Gasteiger partial charge in [0, 0.05) is 31.3 Å². The Labute approximate surface area is 160 Å². The lowest BCUT2D eigenvalue weighted by Crippen LogP contribution is -2.53. The van der Waals surface area contributed by atoms with Crippen LogP contribution in [0.15, 0.2) is 24.3 Å². The Hall–Kier alpha value is -0.730. The second-order valence-electron chi connectivity index (χ2n) is 7.13. The van der Waals surface area contributed by atoms with Gasteiger partial charge in [0.25, 0.3) is 0 Å². The van der Waals surface area contributed by atoms with Crippen LogP contribution in [0.1, 0.15) is 18.4 Å². The maximum absolute atomic E-state index is 10.7. The van der Waals surface area contributed by atoms with Gasteiger partial charge in [0.2, 0.25) is 0 Å². The second kappa shape index (κ2) is 9.46. The van der Waals surface area contributed by atoms with Crippen LogP contribution in [-0.2, 0) is 16.0 Å². The first-order valence-corrected chi connectivity index (χ1v) is 9.66. The molecule has 2 fully saturated rings. The summed E-state index contributed by atoms with van der Waals surface area (Å²) in [6.45, 7) is 2.67. The lowest BCUT2D eigenvalue weighted by atomic mass is 10.0. The minimum Gasteiger partial charge on any atom is -0.394 e. The standard InChI is InChI=1S/C19H29ClN2O4/c1-25-12-15-6-3-7-22(15)18-16(26-17(11-23)19(18)24)10-21-9-13-4-2-5-14(20)8-13/h2,4-5,8,15-19,21,23-24H,3,6-7,9-12H2,1H3/t15-,16+,17-,18+,19+/m0/s1. The number of aliphatic hydroxyl groups excluding tert-OH is 2. The molecule has 0 bridgehead atoms. The van der Waals surface area contributed by atoms with Crippen molar-refractivity contribution in [2.24, 2.45) is 0 Å². The first kappa shape index (κ1) is 20.0. The number of nitrogens with zero attached hydrogens (tertiary/aromatic N) is 1. The predicted octanol–water partition coefficient (Wildman–Crippen LogP) is 1.03. The molecule has 3 N–H and O–H groups in total. The van der Waals surface area contributed by atoms with Gasteiger partial charge in [0.1, 0.15) is 12.2 Å². The Morgan fingerprint density at radius 1 is 1.38 bits per heavy atom. The molecule has 1 aromatic rings. The van der Waals surface area contributed by atoms with Crippen molar-refractivity contribution in [3.8, 4) is 0 Å². The van der Waals surface area contributed by atoms with Crippen LogP contribution in [0.5, 0.6) is 0 Å². The van der Waals surface area contributed by atoms with Crippen molar-refractivity contribution in [1.29, 1.82) is 0 Å². The van der Waals surface area contributed by atoms with E-state index in [1.165, 1.54) is 0 Å². The molecule has 2 aliphatic rings. The molecule has 2 heterocycles. The van der Waals surface area contributed by atoms with Crippen LogP contribution in [0, 0.1) is 0 Å². The Morgan fingerprint density at radius 2 is 2.23 bits per heavy atom. The van der Waals surface area contributed by atoms with E-state index in [4.69, 9.17) is 21.1 Å². The second-order valence-corrected chi connectivity index (χ2v) is 7.56. The number of likely N-dealkylation sites (tertiary alicyclic amines) is 1. The molecule has 26 heavy (non-hydrogen) atoms. The van der Waals surface area contributed by atoms with Crippen molar-refractivity contribution in [2.45, 2.75) is 49.8 Å².